The fourth-order valence-corrected chi connectivity index (χ4v) is 2.89. The van der Waals surface area contributed by atoms with Crippen molar-refractivity contribution in [3.05, 3.63) is 83.3 Å². The number of pyridine rings is 1. The Bertz CT molecular complexity index is 873. The quantitative estimate of drug-likeness (QED) is 0.735. The van der Waals surface area contributed by atoms with E-state index in [4.69, 9.17) is 11.5 Å². The van der Waals surface area contributed by atoms with Gasteiger partial charge in [-0.05, 0) is 30.6 Å². The third kappa shape index (κ3) is 2.89. The van der Waals surface area contributed by atoms with E-state index in [0.29, 0.717) is 41.2 Å². The fourth-order valence-electron chi connectivity index (χ4n) is 2.89. The molecule has 1 aromatic carbocycles. The molecule has 6 heteroatoms. The van der Waals surface area contributed by atoms with Crippen LogP contribution in [0.4, 0.5) is 5.82 Å². The van der Waals surface area contributed by atoms with Crippen LogP contribution in [0.3, 0.4) is 0 Å². The van der Waals surface area contributed by atoms with Crippen LogP contribution < -0.4 is 16.4 Å². The molecule has 0 aliphatic heterocycles. The van der Waals surface area contributed by atoms with Crippen LogP contribution in [0.5, 0.6) is 0 Å². The maximum absolute atomic E-state index is 13.0. The molecule has 1 aliphatic rings. The number of nitrogens with zero attached hydrogens (tertiary/aromatic N) is 2. The van der Waals surface area contributed by atoms with E-state index in [0.717, 1.165) is 0 Å². The van der Waals surface area contributed by atoms with E-state index in [9.17, 15) is 9.59 Å². The van der Waals surface area contributed by atoms with E-state index in [2.05, 4.69) is 4.98 Å². The maximum atomic E-state index is 13.0. The third-order valence-corrected chi connectivity index (χ3v) is 4.04. The molecule has 0 saturated carbocycles. The molecule has 3 rings (SSSR count). The second kappa shape index (κ2) is 7.00. The van der Waals surface area contributed by atoms with E-state index >= 15 is 0 Å². The first kappa shape index (κ1) is 16.4. The molecule has 1 aliphatic carbocycles. The van der Waals surface area contributed by atoms with E-state index in [1.807, 2.05) is 4.90 Å². The average molecular weight is 334 g/mol. The minimum absolute atomic E-state index is 0.169. The summed E-state index contributed by atoms with van der Waals surface area (Å²) in [6.45, 7) is 0.876. The van der Waals surface area contributed by atoms with Gasteiger partial charge >= 0.3 is 0 Å². The smallest absolute Gasteiger partial charge is 0.198 e. The first-order valence-corrected chi connectivity index (χ1v) is 7.85. The topological polar surface area (TPSA) is 102 Å². The summed E-state index contributed by atoms with van der Waals surface area (Å²) in [5.41, 5.74) is 12.4. The van der Waals surface area contributed by atoms with Crippen LogP contribution in [-0.4, -0.2) is 29.6 Å². The van der Waals surface area contributed by atoms with Crippen molar-refractivity contribution in [3.8, 4) is 0 Å². The molecular weight excluding hydrogens is 316 g/mol. The molecule has 2 aromatic rings. The molecule has 4 N–H and O–H groups in total. The van der Waals surface area contributed by atoms with Crippen LogP contribution in [0.25, 0.3) is 0 Å². The van der Waals surface area contributed by atoms with Gasteiger partial charge in [-0.3, -0.25) is 9.59 Å². The summed E-state index contributed by atoms with van der Waals surface area (Å²) in [6.07, 6.45) is 7.88. The second-order valence-electron chi connectivity index (χ2n) is 5.52. The summed E-state index contributed by atoms with van der Waals surface area (Å²) in [5.74, 6) is 0.0749. The van der Waals surface area contributed by atoms with Crippen LogP contribution in [0.15, 0.2) is 61.1 Å². The van der Waals surface area contributed by atoms with Gasteiger partial charge in [-0.2, -0.15) is 0 Å². The van der Waals surface area contributed by atoms with E-state index in [-0.39, 0.29) is 11.6 Å². The van der Waals surface area contributed by atoms with Gasteiger partial charge < -0.3 is 16.4 Å². The van der Waals surface area contributed by atoms with Crippen LogP contribution in [0, 0.1) is 0 Å². The monoisotopic (exact) mass is 334 g/mol. The first-order chi connectivity index (χ1) is 12.2. The Morgan fingerprint density at radius 2 is 1.48 bits per heavy atom. The minimum Gasteiger partial charge on any atom is -0.405 e. The number of fused-ring (bicyclic) bond motifs is 2. The zero-order chi connectivity index (χ0) is 17.8. The van der Waals surface area contributed by atoms with Gasteiger partial charge in [0.2, 0.25) is 0 Å². The Balaban J connectivity index is 2.15. The van der Waals surface area contributed by atoms with E-state index in [1.165, 1.54) is 12.4 Å². The van der Waals surface area contributed by atoms with Crippen molar-refractivity contribution in [1.82, 2.24) is 4.98 Å². The highest BCUT2D eigenvalue weighted by molar-refractivity contribution is 6.29. The van der Waals surface area contributed by atoms with Gasteiger partial charge in [0.05, 0.1) is 5.56 Å². The maximum Gasteiger partial charge on any atom is 0.198 e. The van der Waals surface area contributed by atoms with Crippen LogP contribution in [-0.2, 0) is 0 Å². The standard InChI is InChI=1S/C19H18N4O2/c20-8-3-11-23(12-4-9-21)19-16-15(7-10-22-19)17(24)13-5-1-2-6-14(13)18(16)25/h1-10H,11-12,20-21H2. The van der Waals surface area contributed by atoms with Gasteiger partial charge in [0.25, 0.3) is 0 Å². The van der Waals surface area contributed by atoms with Gasteiger partial charge in [-0.15, -0.1) is 0 Å². The molecule has 0 saturated heterocycles. The predicted molar refractivity (Wildman–Crippen MR) is 96.4 cm³/mol. The molecule has 1 aromatic heterocycles. The summed E-state index contributed by atoms with van der Waals surface area (Å²) in [5, 5.41) is 0. The highest BCUT2D eigenvalue weighted by Crippen LogP contribution is 2.32. The molecule has 0 fully saturated rings. The zero-order valence-electron chi connectivity index (χ0n) is 13.6. The van der Waals surface area contributed by atoms with Crippen molar-refractivity contribution in [1.29, 1.82) is 0 Å². The number of carbonyl (C=O) groups excluding carboxylic acids is 2. The predicted octanol–water partition coefficient (Wildman–Crippen LogP) is 1.61. The lowest BCUT2D eigenvalue weighted by Crippen LogP contribution is -2.30. The number of ketones is 2. The molecule has 0 bridgehead atoms. The SMILES string of the molecule is NC=CCN(CC=CN)c1nccc2c1C(=O)c1ccccc1C2=O. The molecule has 126 valence electrons. The van der Waals surface area contributed by atoms with Gasteiger partial charge in [-0.1, -0.05) is 24.3 Å². The van der Waals surface area contributed by atoms with Crippen LogP contribution in [0.2, 0.25) is 0 Å². The van der Waals surface area contributed by atoms with Gasteiger partial charge in [-0.25, -0.2) is 4.98 Å². The van der Waals surface area contributed by atoms with Crippen LogP contribution in [0.1, 0.15) is 31.8 Å². The summed E-state index contributed by atoms with van der Waals surface area (Å²) in [4.78, 5) is 32.0. The highest BCUT2D eigenvalue weighted by Gasteiger charge is 2.33. The summed E-state index contributed by atoms with van der Waals surface area (Å²) < 4.78 is 0. The van der Waals surface area contributed by atoms with Gasteiger partial charge in [0.15, 0.2) is 11.6 Å². The van der Waals surface area contributed by atoms with Crippen LogP contribution >= 0.6 is 0 Å². The van der Waals surface area contributed by atoms with E-state index < -0.39 is 0 Å². The highest BCUT2D eigenvalue weighted by atomic mass is 16.1. The van der Waals surface area contributed by atoms with Crippen molar-refractivity contribution in [2.75, 3.05) is 18.0 Å². The fraction of sp³-hybridized carbons (Fsp3) is 0.105. The Morgan fingerprint density at radius 3 is 2.08 bits per heavy atom. The molecule has 25 heavy (non-hydrogen) atoms. The number of aromatic nitrogens is 1. The average Bonchev–Trinajstić information content (AvgIpc) is 2.66. The Kier molecular flexibility index (Phi) is 4.61. The lowest BCUT2D eigenvalue weighted by Gasteiger charge is -2.26. The molecule has 0 unspecified atom stereocenters. The molecular formula is C19H18N4O2. The summed E-state index contributed by atoms with van der Waals surface area (Å²) in [6, 6.07) is 8.42. The molecule has 0 spiro atoms. The van der Waals surface area contributed by atoms with Crippen molar-refractivity contribution in [2.24, 2.45) is 11.5 Å². The molecule has 0 atom stereocenters. The number of carbonyl (C=O) groups is 2. The number of anilines is 1. The number of hydrogen-bond acceptors (Lipinski definition) is 6. The normalized spacial score (nSPS) is 13.3. The molecule has 0 amide bonds. The molecule has 6 nitrogen and oxygen atoms in total. The van der Waals surface area contributed by atoms with Crippen molar-refractivity contribution >= 4 is 17.4 Å². The first-order valence-electron chi connectivity index (χ1n) is 7.85. The number of rotatable bonds is 5. The summed E-state index contributed by atoms with van der Waals surface area (Å²) >= 11 is 0. The van der Waals surface area contributed by atoms with Crippen molar-refractivity contribution in [3.63, 3.8) is 0 Å². The number of benzene rings is 1. The van der Waals surface area contributed by atoms with E-state index in [1.54, 1.807) is 48.7 Å². The largest absolute Gasteiger partial charge is 0.405 e. The Labute approximate surface area is 145 Å². The Morgan fingerprint density at radius 1 is 0.880 bits per heavy atom. The Hall–Kier alpha value is -3.41. The lowest BCUT2D eigenvalue weighted by atomic mass is 9.84. The minimum atomic E-state index is -0.202. The second-order valence-corrected chi connectivity index (χ2v) is 5.52. The summed E-state index contributed by atoms with van der Waals surface area (Å²) in [7, 11) is 0. The van der Waals surface area contributed by atoms with Gasteiger partial charge in [0.1, 0.15) is 5.82 Å². The zero-order valence-corrected chi connectivity index (χ0v) is 13.6. The number of hydrogen-bond donors (Lipinski definition) is 2. The molecule has 0 radical (unpaired) electrons. The third-order valence-electron chi connectivity index (χ3n) is 4.04. The van der Waals surface area contributed by atoms with Crippen molar-refractivity contribution in [2.45, 2.75) is 0 Å². The number of nitrogens with two attached hydrogens (primary N) is 2. The lowest BCUT2D eigenvalue weighted by molar-refractivity contribution is 0.0979. The molecule has 1 heterocycles. The van der Waals surface area contributed by atoms with Gasteiger partial charge in [0, 0.05) is 36.0 Å². The van der Waals surface area contributed by atoms with Crippen molar-refractivity contribution < 1.29 is 9.59 Å².